The van der Waals surface area contributed by atoms with Crippen molar-refractivity contribution in [1.29, 1.82) is 0 Å². The zero-order valence-electron chi connectivity index (χ0n) is 20.5. The molecule has 1 aliphatic rings. The highest BCUT2D eigenvalue weighted by Gasteiger charge is 2.42. The summed E-state index contributed by atoms with van der Waals surface area (Å²) in [4.78, 5) is 19.0. The van der Waals surface area contributed by atoms with Crippen LogP contribution in [-0.2, 0) is 12.0 Å². The van der Waals surface area contributed by atoms with Gasteiger partial charge in [-0.1, -0.05) is 37.6 Å². The van der Waals surface area contributed by atoms with E-state index in [0.29, 0.717) is 42.6 Å². The maximum absolute atomic E-state index is 12.3. The number of hydrogen-bond acceptors (Lipinski definition) is 6. The van der Waals surface area contributed by atoms with Gasteiger partial charge in [0.05, 0.1) is 19.1 Å². The number of methoxy groups -OCH3 is 1. The van der Waals surface area contributed by atoms with Crippen molar-refractivity contribution >= 4 is 6.03 Å². The summed E-state index contributed by atoms with van der Waals surface area (Å²) < 4.78 is 11.9. The molecule has 0 spiro atoms. The van der Waals surface area contributed by atoms with Gasteiger partial charge in [-0.2, -0.15) is 0 Å². The lowest BCUT2D eigenvalue weighted by Gasteiger charge is -2.40. The number of hydrogen-bond donors (Lipinski definition) is 2. The Morgan fingerprint density at radius 3 is 2.29 bits per heavy atom. The molecule has 3 aromatic rings. The number of carbonyl (C=O) groups excluding carboxylic acids is 1. The van der Waals surface area contributed by atoms with Crippen LogP contribution in [0.25, 0.3) is 22.6 Å². The van der Waals surface area contributed by atoms with Crippen molar-refractivity contribution < 1.29 is 24.3 Å². The van der Waals surface area contributed by atoms with Gasteiger partial charge in [0.2, 0.25) is 5.89 Å². The van der Waals surface area contributed by atoms with Gasteiger partial charge in [-0.15, -0.1) is 0 Å². The fourth-order valence-electron chi connectivity index (χ4n) is 4.83. The van der Waals surface area contributed by atoms with E-state index in [1.165, 1.54) is 7.05 Å². The topological polar surface area (TPSA) is 99.3 Å². The Morgan fingerprint density at radius 2 is 1.74 bits per heavy atom. The SMILES string of the molecule is CCCC1(c2nc(-c3ccc(OC)cc3)c(-c3ccc(CO)cc3)o2)CCN(C(=O)N(C)O)CC1. The lowest BCUT2D eigenvalue weighted by atomic mass is 9.74. The number of piperidine rings is 1. The molecule has 8 heteroatoms. The molecule has 2 aromatic carbocycles. The largest absolute Gasteiger partial charge is 0.497 e. The Morgan fingerprint density at radius 1 is 1.11 bits per heavy atom. The van der Waals surface area contributed by atoms with E-state index < -0.39 is 6.03 Å². The monoisotopic (exact) mass is 479 g/mol. The van der Waals surface area contributed by atoms with Crippen molar-refractivity contribution in [2.45, 2.75) is 44.6 Å². The Bertz CT molecular complexity index is 1070. The van der Waals surface area contributed by atoms with Gasteiger partial charge in [0.15, 0.2) is 5.76 Å². The highest BCUT2D eigenvalue weighted by molar-refractivity contribution is 5.77. The number of aliphatic hydroxyl groups excluding tert-OH is 1. The molecule has 0 aliphatic carbocycles. The number of rotatable bonds is 7. The highest BCUT2D eigenvalue weighted by atomic mass is 16.5. The van der Waals surface area contributed by atoms with Crippen LogP contribution in [-0.4, -0.2) is 58.5 Å². The number of nitrogens with zero attached hydrogens (tertiary/aromatic N) is 3. The number of carbonyl (C=O) groups is 1. The summed E-state index contributed by atoms with van der Waals surface area (Å²) in [6, 6.07) is 15.0. The number of aliphatic hydroxyl groups is 1. The van der Waals surface area contributed by atoms with Crippen LogP contribution in [0.1, 0.15) is 44.1 Å². The van der Waals surface area contributed by atoms with E-state index in [9.17, 15) is 15.1 Å². The third-order valence-corrected chi connectivity index (χ3v) is 6.84. The number of aromatic nitrogens is 1. The van der Waals surface area contributed by atoms with E-state index in [2.05, 4.69) is 6.92 Å². The van der Waals surface area contributed by atoms with Crippen molar-refractivity contribution in [2.24, 2.45) is 0 Å². The third-order valence-electron chi connectivity index (χ3n) is 6.84. The lowest BCUT2D eigenvalue weighted by molar-refractivity contribution is -0.0380. The quantitative estimate of drug-likeness (QED) is 0.362. The maximum Gasteiger partial charge on any atom is 0.343 e. The van der Waals surface area contributed by atoms with Gasteiger partial charge in [-0.25, -0.2) is 14.8 Å². The first-order chi connectivity index (χ1) is 16.9. The number of urea groups is 1. The van der Waals surface area contributed by atoms with Crippen molar-refractivity contribution in [3.05, 3.63) is 60.0 Å². The average molecular weight is 480 g/mol. The molecule has 2 N–H and O–H groups in total. The van der Waals surface area contributed by atoms with Crippen LogP contribution in [0.2, 0.25) is 0 Å². The van der Waals surface area contributed by atoms with Crippen LogP contribution in [0.3, 0.4) is 0 Å². The van der Waals surface area contributed by atoms with Crippen LogP contribution in [0.15, 0.2) is 52.9 Å². The molecule has 35 heavy (non-hydrogen) atoms. The van der Waals surface area contributed by atoms with Gasteiger partial charge in [0, 0.05) is 31.3 Å². The summed E-state index contributed by atoms with van der Waals surface area (Å²) in [7, 11) is 2.98. The number of hydroxylamine groups is 2. The maximum atomic E-state index is 12.3. The van der Waals surface area contributed by atoms with Crippen molar-refractivity contribution in [3.63, 3.8) is 0 Å². The molecule has 0 unspecified atom stereocenters. The van der Waals surface area contributed by atoms with Gasteiger partial charge < -0.3 is 19.2 Å². The molecule has 1 fully saturated rings. The minimum Gasteiger partial charge on any atom is -0.497 e. The van der Waals surface area contributed by atoms with E-state index in [0.717, 1.165) is 41.0 Å². The summed E-state index contributed by atoms with van der Waals surface area (Å²) in [6.45, 7) is 3.16. The molecule has 0 bridgehead atoms. The van der Waals surface area contributed by atoms with Gasteiger partial charge >= 0.3 is 6.03 Å². The summed E-state index contributed by atoms with van der Waals surface area (Å²) in [6.07, 6.45) is 3.24. The van der Waals surface area contributed by atoms with Crippen LogP contribution in [0.5, 0.6) is 5.75 Å². The van der Waals surface area contributed by atoms with Gasteiger partial charge in [0.25, 0.3) is 0 Å². The molecule has 1 saturated heterocycles. The molecule has 1 aromatic heterocycles. The predicted molar refractivity (Wildman–Crippen MR) is 132 cm³/mol. The second kappa shape index (κ2) is 10.5. The minimum absolute atomic E-state index is 0.0227. The molecule has 186 valence electrons. The van der Waals surface area contributed by atoms with E-state index in [-0.39, 0.29) is 12.0 Å². The minimum atomic E-state index is -0.397. The molecule has 0 atom stereocenters. The van der Waals surface area contributed by atoms with E-state index in [4.69, 9.17) is 14.1 Å². The summed E-state index contributed by atoms with van der Waals surface area (Å²) >= 11 is 0. The number of benzene rings is 2. The molecule has 1 aliphatic heterocycles. The molecule has 0 radical (unpaired) electrons. The normalized spacial score (nSPS) is 15.2. The smallest absolute Gasteiger partial charge is 0.343 e. The van der Waals surface area contributed by atoms with E-state index >= 15 is 0 Å². The summed E-state index contributed by atoms with van der Waals surface area (Å²) in [5.74, 6) is 2.12. The molecule has 2 heterocycles. The Labute approximate surface area is 205 Å². The highest BCUT2D eigenvalue weighted by Crippen LogP contribution is 2.43. The molecule has 8 nitrogen and oxygen atoms in total. The second-order valence-corrected chi connectivity index (χ2v) is 9.10. The van der Waals surface area contributed by atoms with Crippen LogP contribution in [0.4, 0.5) is 4.79 Å². The fourth-order valence-corrected chi connectivity index (χ4v) is 4.83. The average Bonchev–Trinajstić information content (AvgIpc) is 3.35. The molecular weight excluding hydrogens is 446 g/mol. The molecule has 2 amide bonds. The lowest BCUT2D eigenvalue weighted by Crippen LogP contribution is -2.48. The standard InChI is InChI=1S/C27H33N3O5/c1-4-13-27(14-16-30(17-15-27)26(32)29(2)33)25-28-23(20-9-11-22(34-3)12-10-20)24(35-25)21-7-5-19(18-31)6-8-21/h5-12,31,33H,4,13-18H2,1-3H3. The molecular formula is C27H33N3O5. The zero-order valence-corrected chi connectivity index (χ0v) is 20.5. The number of ether oxygens (including phenoxy) is 1. The Balaban J connectivity index is 1.76. The van der Waals surface area contributed by atoms with Crippen molar-refractivity contribution in [3.8, 4) is 28.3 Å². The second-order valence-electron chi connectivity index (χ2n) is 9.10. The first kappa shape index (κ1) is 24.8. The van der Waals surface area contributed by atoms with E-state index in [1.54, 1.807) is 12.0 Å². The molecule has 4 rings (SSSR count). The number of amides is 2. The van der Waals surface area contributed by atoms with Gasteiger partial charge in [-0.05, 0) is 49.1 Å². The Hall–Kier alpha value is -3.36. The van der Waals surface area contributed by atoms with Gasteiger partial charge in [0.1, 0.15) is 11.4 Å². The fraction of sp³-hybridized carbons (Fsp3) is 0.407. The number of likely N-dealkylation sites (tertiary alicyclic amines) is 1. The van der Waals surface area contributed by atoms with Crippen LogP contribution in [0, 0.1) is 0 Å². The first-order valence-corrected chi connectivity index (χ1v) is 12.0. The van der Waals surface area contributed by atoms with Crippen molar-refractivity contribution in [1.82, 2.24) is 14.9 Å². The van der Waals surface area contributed by atoms with Crippen LogP contribution >= 0.6 is 0 Å². The summed E-state index contributed by atoms with van der Waals surface area (Å²) in [5, 5.41) is 19.7. The summed E-state index contributed by atoms with van der Waals surface area (Å²) in [5.41, 5.74) is 3.08. The van der Waals surface area contributed by atoms with Crippen molar-refractivity contribution in [2.75, 3.05) is 27.2 Å². The third kappa shape index (κ3) is 5.04. The Kier molecular flexibility index (Phi) is 7.42. The zero-order chi connectivity index (χ0) is 25.0. The predicted octanol–water partition coefficient (Wildman–Crippen LogP) is 5.08. The van der Waals surface area contributed by atoms with Gasteiger partial charge in [-0.3, -0.25) is 5.21 Å². The number of oxazole rings is 1. The van der Waals surface area contributed by atoms with Crippen LogP contribution < -0.4 is 4.74 Å². The van der Waals surface area contributed by atoms with E-state index in [1.807, 2.05) is 48.5 Å². The molecule has 0 saturated carbocycles. The first-order valence-electron chi connectivity index (χ1n) is 12.0.